The van der Waals surface area contributed by atoms with Gasteiger partial charge in [0.05, 0.1) is 18.8 Å². The van der Waals surface area contributed by atoms with Crippen molar-refractivity contribution in [2.24, 2.45) is 11.5 Å². The first-order valence-corrected chi connectivity index (χ1v) is 15.3. The number of carbonyl (C=O) groups excluding carboxylic acids is 3. The number of nitrogens with two attached hydrogens (primary N) is 2. The number of carboxylic acid groups (broad SMARTS) is 3. The zero-order chi connectivity index (χ0) is 41.7. The fourth-order valence-corrected chi connectivity index (χ4v) is 4.40. The maximum absolute atomic E-state index is 13.3. The third-order valence-corrected chi connectivity index (χ3v) is 7.36. The van der Waals surface area contributed by atoms with Crippen molar-refractivity contribution in [3.05, 3.63) is 52.5 Å². The van der Waals surface area contributed by atoms with Gasteiger partial charge >= 0.3 is 30.3 Å². The lowest BCUT2D eigenvalue weighted by Gasteiger charge is -2.26. The molecule has 3 amide bonds. The molecule has 2 aromatic carbocycles. The zero-order valence-corrected chi connectivity index (χ0v) is 28.1. The van der Waals surface area contributed by atoms with Crippen LogP contribution in [0.15, 0.2) is 36.4 Å². The van der Waals surface area contributed by atoms with Gasteiger partial charge in [-0.2, -0.15) is 26.3 Å². The first-order valence-electron chi connectivity index (χ1n) is 14.9. The number of phenolic OH excluding ortho intramolecular Hbond substituents is 1. The summed E-state index contributed by atoms with van der Waals surface area (Å²) in [6.07, 6.45) is -12.0. The lowest BCUT2D eigenvalue weighted by Crippen LogP contribution is -2.58. The van der Waals surface area contributed by atoms with E-state index in [9.17, 15) is 65.9 Å². The van der Waals surface area contributed by atoms with Crippen molar-refractivity contribution in [3.63, 3.8) is 0 Å². The van der Waals surface area contributed by atoms with Gasteiger partial charge in [0.25, 0.3) is 0 Å². The molecule has 1 aliphatic rings. The van der Waals surface area contributed by atoms with Gasteiger partial charge in [-0.15, -0.1) is 0 Å². The predicted octanol–water partition coefficient (Wildman–Crippen LogP) is -0.354. The summed E-state index contributed by atoms with van der Waals surface area (Å²) in [4.78, 5) is 68.6. The number of carboxylic acids is 3. The molecule has 0 saturated heterocycles. The van der Waals surface area contributed by atoms with Crippen LogP contribution in [0, 0.1) is 0 Å². The lowest BCUT2D eigenvalue weighted by molar-refractivity contribution is -0.193. The van der Waals surface area contributed by atoms with Crippen LogP contribution in [0.3, 0.4) is 0 Å². The molecule has 24 heteroatoms. The summed E-state index contributed by atoms with van der Waals surface area (Å²) < 4.78 is 63.5. The number of aliphatic carboxylic acids is 3. The summed E-state index contributed by atoms with van der Waals surface area (Å²) in [7, 11) is 0. The van der Waals surface area contributed by atoms with Crippen LogP contribution in [-0.4, -0.2) is 122 Å². The lowest BCUT2D eigenvalue weighted by atomic mass is 9.96. The second-order valence-corrected chi connectivity index (χ2v) is 11.5. The van der Waals surface area contributed by atoms with Gasteiger partial charge in [0.1, 0.15) is 23.9 Å². The summed E-state index contributed by atoms with van der Waals surface area (Å²) in [5, 5.41) is 60.8. The normalized spacial score (nSPS) is 18.6. The van der Waals surface area contributed by atoms with Crippen LogP contribution in [0.2, 0.25) is 5.02 Å². The number of amides is 3. The Labute approximate surface area is 304 Å². The molecule has 1 aliphatic heterocycles. The Bertz CT molecular complexity index is 1660. The van der Waals surface area contributed by atoms with Crippen molar-refractivity contribution in [2.45, 2.75) is 61.9 Å². The number of aliphatic hydroxyl groups is 2. The highest BCUT2D eigenvalue weighted by molar-refractivity contribution is 6.31. The maximum atomic E-state index is 13.3. The quantitative estimate of drug-likeness (QED) is 0.160. The van der Waals surface area contributed by atoms with E-state index in [-0.39, 0.29) is 36.6 Å². The number of carbonyl (C=O) groups is 6. The van der Waals surface area contributed by atoms with Crippen LogP contribution >= 0.6 is 11.6 Å². The van der Waals surface area contributed by atoms with E-state index in [1.807, 2.05) is 0 Å². The van der Waals surface area contributed by atoms with Gasteiger partial charge in [-0.3, -0.25) is 14.4 Å². The molecule has 0 spiro atoms. The van der Waals surface area contributed by atoms with Crippen LogP contribution in [0.5, 0.6) is 5.75 Å². The molecule has 0 aromatic heterocycles. The van der Waals surface area contributed by atoms with Crippen molar-refractivity contribution >= 4 is 47.2 Å². The van der Waals surface area contributed by atoms with Crippen LogP contribution in [0.4, 0.5) is 26.3 Å². The monoisotopic (exact) mass is 805 g/mol. The molecule has 3 rings (SSSR count). The van der Waals surface area contributed by atoms with Gasteiger partial charge in [-0.1, -0.05) is 23.7 Å². The molecular weight excluding hydrogens is 772 g/mol. The second-order valence-electron chi connectivity index (χ2n) is 11.1. The standard InChI is InChI=1S/C26H32ClN5O8.2C2HF3O2/c27-17-3-1-12-5-14(17)8-19(24(37)32-21(11-33)26(39)40)31-25(38)20(9-16(34)10-28)30-23(36)18(29)7-15-6-13(12)2-4-22(15)35;2*3-2(4,5)1(6)7/h1-6,16,18-21,33-35H,7-11,28-29H2,(H,30,36)(H,31,38)(H,32,37)(H,39,40);2*(H,6,7)/t16-,18+,19+,20+,21+;;/m1../s1. The molecule has 4 bridgehead atoms. The number of phenols is 1. The molecule has 0 unspecified atom stereocenters. The molecule has 0 radical (unpaired) electrons. The number of rotatable bonds is 7. The number of alkyl halides is 6. The van der Waals surface area contributed by atoms with E-state index < -0.39 is 84.9 Å². The van der Waals surface area contributed by atoms with Crippen molar-refractivity contribution in [1.82, 2.24) is 16.0 Å². The Morgan fingerprint density at radius 3 is 1.83 bits per heavy atom. The molecule has 300 valence electrons. The Hall–Kier alpha value is -5.23. The van der Waals surface area contributed by atoms with Gasteiger partial charge in [-0.25, -0.2) is 14.4 Å². The van der Waals surface area contributed by atoms with E-state index in [4.69, 9.17) is 42.9 Å². The smallest absolute Gasteiger partial charge is 0.490 e. The van der Waals surface area contributed by atoms with Crippen LogP contribution < -0.4 is 27.4 Å². The number of nitrogens with one attached hydrogen (secondary N) is 3. The Morgan fingerprint density at radius 1 is 0.870 bits per heavy atom. The fourth-order valence-electron chi connectivity index (χ4n) is 4.21. The topological polar surface area (TPSA) is 312 Å². The van der Waals surface area contributed by atoms with Crippen molar-refractivity contribution in [3.8, 4) is 16.9 Å². The SMILES string of the molecule is NC[C@H](O)C[C@@H]1NC(=O)[C@@H](N)Cc2cc(ccc2O)-c2ccc(Cl)c(c2)C[C@@H](C(=O)N[C@@H](CO)C(=O)O)NC1=O.O=C(O)C(F)(F)F.O=C(O)C(F)(F)F. The van der Waals surface area contributed by atoms with Crippen LogP contribution in [0.25, 0.3) is 11.1 Å². The number of fused-ring (bicyclic) bond motifs is 5. The van der Waals surface area contributed by atoms with Gasteiger partial charge in [0.15, 0.2) is 0 Å². The van der Waals surface area contributed by atoms with Crippen molar-refractivity contribution in [1.29, 1.82) is 0 Å². The minimum Gasteiger partial charge on any atom is -0.508 e. The van der Waals surface area contributed by atoms with Crippen molar-refractivity contribution < 1.29 is 85.7 Å². The number of halogens is 7. The molecule has 2 aromatic rings. The van der Waals surface area contributed by atoms with E-state index in [0.29, 0.717) is 22.3 Å². The minimum absolute atomic E-state index is 0.0809. The summed E-state index contributed by atoms with van der Waals surface area (Å²) in [6.45, 7) is -1.13. The number of aliphatic hydroxyl groups excluding tert-OH is 2. The molecule has 0 aliphatic carbocycles. The van der Waals surface area contributed by atoms with E-state index in [2.05, 4.69) is 16.0 Å². The van der Waals surface area contributed by atoms with Crippen LogP contribution in [0.1, 0.15) is 17.5 Å². The Balaban J connectivity index is 0.000000879. The first-order chi connectivity index (χ1) is 24.8. The van der Waals surface area contributed by atoms with Gasteiger partial charge in [0, 0.05) is 30.8 Å². The highest BCUT2D eigenvalue weighted by atomic mass is 35.5. The summed E-state index contributed by atoms with van der Waals surface area (Å²) >= 11 is 6.42. The predicted molar refractivity (Wildman–Crippen MR) is 172 cm³/mol. The highest BCUT2D eigenvalue weighted by Crippen LogP contribution is 2.30. The number of hydrogen-bond donors (Lipinski definition) is 11. The average molecular weight is 806 g/mol. The highest BCUT2D eigenvalue weighted by Gasteiger charge is 2.39. The molecular formula is C30H34ClF6N5O12. The molecule has 13 N–H and O–H groups in total. The van der Waals surface area contributed by atoms with E-state index in [1.54, 1.807) is 30.3 Å². The third-order valence-electron chi connectivity index (χ3n) is 6.99. The average Bonchev–Trinajstić information content (AvgIpc) is 3.07. The minimum atomic E-state index is -5.08. The molecule has 5 atom stereocenters. The molecule has 0 fully saturated rings. The molecule has 17 nitrogen and oxygen atoms in total. The van der Waals surface area contributed by atoms with Crippen molar-refractivity contribution in [2.75, 3.05) is 13.2 Å². The summed E-state index contributed by atoms with van der Waals surface area (Å²) in [6, 6.07) is 4.07. The maximum Gasteiger partial charge on any atom is 0.490 e. The van der Waals surface area contributed by atoms with E-state index in [1.165, 1.54) is 6.07 Å². The molecule has 1 heterocycles. The second kappa shape index (κ2) is 20.3. The molecule has 54 heavy (non-hydrogen) atoms. The number of aromatic hydroxyl groups is 1. The van der Waals surface area contributed by atoms with Gasteiger partial charge in [0.2, 0.25) is 17.7 Å². The zero-order valence-electron chi connectivity index (χ0n) is 27.3. The molecule has 0 saturated carbocycles. The summed E-state index contributed by atoms with van der Waals surface area (Å²) in [5.74, 6) is -9.68. The number of benzene rings is 2. The Morgan fingerprint density at radius 2 is 1.37 bits per heavy atom. The fraction of sp³-hybridized carbons (Fsp3) is 0.400. The van der Waals surface area contributed by atoms with Gasteiger partial charge in [-0.05, 0) is 46.5 Å². The summed E-state index contributed by atoms with van der Waals surface area (Å²) in [5.41, 5.74) is 13.7. The first kappa shape index (κ1) is 46.8. The Kier molecular flexibility index (Phi) is 17.6. The van der Waals surface area contributed by atoms with Gasteiger partial charge < -0.3 is 58.1 Å². The van der Waals surface area contributed by atoms with E-state index >= 15 is 0 Å². The third kappa shape index (κ3) is 15.0. The van der Waals surface area contributed by atoms with Crippen LogP contribution in [-0.2, 0) is 41.6 Å². The van der Waals surface area contributed by atoms with E-state index in [0.717, 1.165) is 0 Å². The number of hydrogen-bond acceptors (Lipinski definition) is 11. The largest absolute Gasteiger partial charge is 0.508 e.